The highest BCUT2D eigenvalue weighted by Gasteiger charge is 2.21. The number of nitrogens with zero attached hydrogens (tertiary/aromatic N) is 4. The van der Waals surface area contributed by atoms with Gasteiger partial charge in [-0.2, -0.15) is 9.78 Å². The molecule has 0 saturated heterocycles. The van der Waals surface area contributed by atoms with Crippen molar-refractivity contribution in [2.24, 2.45) is 0 Å². The first kappa shape index (κ1) is 21.2. The van der Waals surface area contributed by atoms with Gasteiger partial charge in [0.1, 0.15) is 10.8 Å². The Bertz CT molecular complexity index is 1120. The highest BCUT2D eigenvalue weighted by Crippen LogP contribution is 2.27. The first-order valence-corrected chi connectivity index (χ1v) is 9.48. The Labute approximate surface area is 178 Å². The summed E-state index contributed by atoms with van der Waals surface area (Å²) in [5.74, 6) is 0.626. The van der Waals surface area contributed by atoms with Gasteiger partial charge in [0.15, 0.2) is 5.82 Å². The number of pyridine rings is 1. The van der Waals surface area contributed by atoms with Crippen molar-refractivity contribution in [2.75, 3.05) is 5.32 Å². The Morgan fingerprint density at radius 1 is 1.23 bits per heavy atom. The molecule has 9 heteroatoms. The van der Waals surface area contributed by atoms with Gasteiger partial charge < -0.3 is 5.32 Å². The van der Waals surface area contributed by atoms with Crippen molar-refractivity contribution in [3.63, 3.8) is 0 Å². The topological polar surface area (TPSA) is 103 Å². The van der Waals surface area contributed by atoms with Crippen LogP contribution in [0.3, 0.4) is 0 Å². The predicted molar refractivity (Wildman–Crippen MR) is 116 cm³/mol. The Hall–Kier alpha value is -3.52. The van der Waals surface area contributed by atoms with Crippen LogP contribution in [0.25, 0.3) is 11.9 Å². The van der Waals surface area contributed by atoms with E-state index in [1.165, 1.54) is 24.3 Å². The summed E-state index contributed by atoms with van der Waals surface area (Å²) in [6, 6.07) is 11.5. The fourth-order valence-corrected chi connectivity index (χ4v) is 2.79. The number of carbonyl (C=O) groups is 1. The summed E-state index contributed by atoms with van der Waals surface area (Å²) in [5.41, 5.74) is 0.829. The maximum absolute atomic E-state index is 12.5. The lowest BCUT2D eigenvalue weighted by Crippen LogP contribution is -2.13. The van der Waals surface area contributed by atoms with Gasteiger partial charge in [-0.15, -0.1) is 0 Å². The number of benzene rings is 1. The van der Waals surface area contributed by atoms with Crippen LogP contribution in [0.1, 0.15) is 32.0 Å². The molecule has 0 saturated carbocycles. The standard InChI is InChI=1S/C21H20ClN5O3/c1-21(2,3)17-13-19(26(25-17)18-6-4-5-11-23-18)24-20(28)10-8-14-7-9-15(22)16(12-14)27(29)30/h4-13H,1-3H3,(H,24,28)/b10-8+. The van der Waals surface area contributed by atoms with E-state index in [1.807, 2.05) is 26.8 Å². The highest BCUT2D eigenvalue weighted by molar-refractivity contribution is 6.32. The average molecular weight is 426 g/mol. The van der Waals surface area contributed by atoms with Crippen molar-refractivity contribution in [1.29, 1.82) is 0 Å². The van der Waals surface area contributed by atoms with E-state index in [4.69, 9.17) is 11.6 Å². The molecule has 0 aliphatic heterocycles. The van der Waals surface area contributed by atoms with Crippen LogP contribution in [0.5, 0.6) is 0 Å². The fourth-order valence-electron chi connectivity index (χ4n) is 2.60. The van der Waals surface area contributed by atoms with Gasteiger partial charge in [0, 0.05) is 29.8 Å². The number of nitro groups is 1. The van der Waals surface area contributed by atoms with Crippen molar-refractivity contribution in [1.82, 2.24) is 14.8 Å². The number of carbonyl (C=O) groups excluding carboxylic acids is 1. The molecule has 2 heterocycles. The van der Waals surface area contributed by atoms with Crippen LogP contribution in [0.15, 0.2) is 54.7 Å². The molecule has 1 N–H and O–H groups in total. The molecule has 2 aromatic heterocycles. The third-order valence-electron chi connectivity index (χ3n) is 4.19. The van der Waals surface area contributed by atoms with E-state index in [0.29, 0.717) is 17.2 Å². The lowest BCUT2D eigenvalue weighted by Gasteiger charge is -2.13. The molecule has 0 bridgehead atoms. The maximum Gasteiger partial charge on any atom is 0.288 e. The van der Waals surface area contributed by atoms with Crippen LogP contribution >= 0.6 is 11.6 Å². The van der Waals surface area contributed by atoms with Gasteiger partial charge >= 0.3 is 0 Å². The molecule has 154 valence electrons. The number of rotatable bonds is 5. The molecular formula is C21H20ClN5O3. The quantitative estimate of drug-likeness (QED) is 0.360. The summed E-state index contributed by atoms with van der Waals surface area (Å²) in [4.78, 5) is 27.2. The number of amides is 1. The number of anilines is 1. The van der Waals surface area contributed by atoms with Crippen LogP contribution < -0.4 is 5.32 Å². The molecule has 0 aliphatic carbocycles. The maximum atomic E-state index is 12.5. The van der Waals surface area contributed by atoms with Crippen LogP contribution in [0, 0.1) is 10.1 Å². The van der Waals surface area contributed by atoms with E-state index < -0.39 is 10.8 Å². The lowest BCUT2D eigenvalue weighted by molar-refractivity contribution is -0.384. The second-order valence-electron chi connectivity index (χ2n) is 7.56. The van der Waals surface area contributed by atoms with E-state index in [-0.39, 0.29) is 16.1 Å². The molecule has 30 heavy (non-hydrogen) atoms. The SMILES string of the molecule is CC(C)(C)c1cc(NC(=O)/C=C/c2ccc(Cl)c([N+](=O)[O-])c2)n(-c2ccccn2)n1. The van der Waals surface area contributed by atoms with E-state index in [1.54, 1.807) is 35.1 Å². The van der Waals surface area contributed by atoms with Gasteiger partial charge in [0.25, 0.3) is 5.69 Å². The largest absolute Gasteiger partial charge is 0.307 e. The number of hydrogen-bond donors (Lipinski definition) is 1. The first-order chi connectivity index (χ1) is 14.1. The molecule has 3 aromatic rings. The Morgan fingerprint density at radius 2 is 2.00 bits per heavy atom. The summed E-state index contributed by atoms with van der Waals surface area (Å²) in [7, 11) is 0. The van der Waals surface area contributed by atoms with Gasteiger partial charge in [-0.3, -0.25) is 14.9 Å². The van der Waals surface area contributed by atoms with Crippen molar-refractivity contribution < 1.29 is 9.72 Å². The Kier molecular flexibility index (Phi) is 5.98. The fraction of sp³-hybridized carbons (Fsp3) is 0.190. The zero-order chi connectivity index (χ0) is 21.9. The minimum atomic E-state index is -0.570. The molecule has 3 rings (SSSR count). The third kappa shape index (κ3) is 4.90. The highest BCUT2D eigenvalue weighted by atomic mass is 35.5. The summed E-state index contributed by atoms with van der Waals surface area (Å²) in [6.07, 6.45) is 4.41. The van der Waals surface area contributed by atoms with Gasteiger partial charge in [-0.1, -0.05) is 44.5 Å². The minimum Gasteiger partial charge on any atom is -0.307 e. The van der Waals surface area contributed by atoms with Gasteiger partial charge in [-0.05, 0) is 29.8 Å². The van der Waals surface area contributed by atoms with Gasteiger partial charge in [-0.25, -0.2) is 4.98 Å². The molecule has 1 amide bonds. The number of aromatic nitrogens is 3. The summed E-state index contributed by atoms with van der Waals surface area (Å²) in [5, 5.41) is 18.4. The number of nitro benzene ring substituents is 1. The molecule has 0 aliphatic rings. The number of nitrogens with one attached hydrogen (secondary N) is 1. The normalized spacial score (nSPS) is 11.6. The van der Waals surface area contributed by atoms with Crippen LogP contribution in [-0.2, 0) is 10.2 Å². The van der Waals surface area contributed by atoms with Crippen LogP contribution in [0.2, 0.25) is 5.02 Å². The van der Waals surface area contributed by atoms with E-state index >= 15 is 0 Å². The van der Waals surface area contributed by atoms with Crippen LogP contribution in [-0.4, -0.2) is 25.6 Å². The zero-order valence-corrected chi connectivity index (χ0v) is 17.4. The minimum absolute atomic E-state index is 0.0376. The number of halogens is 1. The smallest absolute Gasteiger partial charge is 0.288 e. The molecular weight excluding hydrogens is 406 g/mol. The van der Waals surface area contributed by atoms with Crippen molar-refractivity contribution >= 4 is 35.1 Å². The molecule has 0 radical (unpaired) electrons. The Balaban J connectivity index is 1.86. The summed E-state index contributed by atoms with van der Waals surface area (Å²) >= 11 is 5.82. The second-order valence-corrected chi connectivity index (χ2v) is 7.96. The predicted octanol–water partition coefficient (Wildman–Crippen LogP) is 4.78. The molecule has 0 atom stereocenters. The van der Waals surface area contributed by atoms with E-state index in [9.17, 15) is 14.9 Å². The zero-order valence-electron chi connectivity index (χ0n) is 16.7. The molecule has 8 nitrogen and oxygen atoms in total. The van der Waals surface area contributed by atoms with Crippen LogP contribution in [0.4, 0.5) is 11.5 Å². The molecule has 0 spiro atoms. The lowest BCUT2D eigenvalue weighted by atomic mass is 9.92. The first-order valence-electron chi connectivity index (χ1n) is 9.10. The molecule has 1 aromatic carbocycles. The van der Waals surface area contributed by atoms with Crippen molar-refractivity contribution in [3.8, 4) is 5.82 Å². The third-order valence-corrected chi connectivity index (χ3v) is 4.51. The Morgan fingerprint density at radius 3 is 2.63 bits per heavy atom. The van der Waals surface area contributed by atoms with Crippen molar-refractivity contribution in [3.05, 3.63) is 81.1 Å². The monoisotopic (exact) mass is 425 g/mol. The van der Waals surface area contributed by atoms with E-state index in [2.05, 4.69) is 15.4 Å². The van der Waals surface area contributed by atoms with Gasteiger partial charge in [0.05, 0.1) is 10.6 Å². The average Bonchev–Trinajstić information content (AvgIpc) is 3.12. The summed E-state index contributed by atoms with van der Waals surface area (Å²) < 4.78 is 1.57. The van der Waals surface area contributed by atoms with E-state index in [0.717, 1.165) is 5.69 Å². The number of hydrogen-bond acceptors (Lipinski definition) is 5. The summed E-state index contributed by atoms with van der Waals surface area (Å²) in [6.45, 7) is 6.07. The molecule has 0 unspecified atom stereocenters. The second kappa shape index (κ2) is 8.46. The molecule has 0 fully saturated rings. The van der Waals surface area contributed by atoms with Gasteiger partial charge in [0.2, 0.25) is 5.91 Å². The van der Waals surface area contributed by atoms with Crippen molar-refractivity contribution in [2.45, 2.75) is 26.2 Å².